The number of carbonyl (C=O) groups excluding carboxylic acids is 1. The van der Waals surface area contributed by atoms with Crippen LogP contribution in [0.5, 0.6) is 0 Å². The molecule has 0 aliphatic carbocycles. The molecule has 0 aromatic carbocycles. The first-order valence-electron chi connectivity index (χ1n) is 3.73. The topological polar surface area (TPSA) is 99.8 Å². The van der Waals surface area contributed by atoms with Crippen molar-refractivity contribution >= 4 is 23.1 Å². The first kappa shape index (κ1) is 8.70. The molecule has 2 aromatic heterocycles. The molecule has 0 fully saturated rings. The Hall–Kier alpha value is -1.89. The van der Waals surface area contributed by atoms with Crippen LogP contribution in [0.25, 0.3) is 5.13 Å². The molecule has 7 heteroatoms. The Bertz CT molecular complexity index is 460. The standard InChI is InChI=1S/C7H7N5OS/c8-5-4(6(9)13)3-11-12(5)7-10-1-2-14-7/h1-3H,8H2,(H2,9,13). The second kappa shape index (κ2) is 3.11. The van der Waals surface area contributed by atoms with Gasteiger partial charge in [0.15, 0.2) is 0 Å². The molecule has 0 saturated heterocycles. The molecule has 72 valence electrons. The Morgan fingerprint density at radius 1 is 1.57 bits per heavy atom. The lowest BCUT2D eigenvalue weighted by molar-refractivity contribution is 0.100. The van der Waals surface area contributed by atoms with Gasteiger partial charge in [-0.3, -0.25) is 4.79 Å². The fourth-order valence-corrected chi connectivity index (χ4v) is 1.63. The van der Waals surface area contributed by atoms with E-state index in [4.69, 9.17) is 11.5 Å². The summed E-state index contributed by atoms with van der Waals surface area (Å²) in [5, 5.41) is 6.32. The molecule has 0 aliphatic rings. The molecule has 2 aromatic rings. The van der Waals surface area contributed by atoms with Crippen molar-refractivity contribution in [2.24, 2.45) is 5.73 Å². The van der Waals surface area contributed by atoms with Gasteiger partial charge in [-0.25, -0.2) is 4.98 Å². The van der Waals surface area contributed by atoms with Gasteiger partial charge < -0.3 is 11.5 Å². The predicted molar refractivity (Wildman–Crippen MR) is 52.2 cm³/mol. The number of nitrogens with two attached hydrogens (primary N) is 2. The van der Waals surface area contributed by atoms with Gasteiger partial charge in [-0.05, 0) is 0 Å². The van der Waals surface area contributed by atoms with Crippen LogP contribution in [-0.2, 0) is 0 Å². The zero-order valence-electron chi connectivity index (χ0n) is 7.04. The summed E-state index contributed by atoms with van der Waals surface area (Å²) in [5.74, 6) is -0.377. The number of amides is 1. The third-order valence-electron chi connectivity index (χ3n) is 1.67. The minimum absolute atomic E-state index is 0.209. The molecule has 14 heavy (non-hydrogen) atoms. The lowest BCUT2D eigenvalue weighted by Gasteiger charge is -1.98. The summed E-state index contributed by atoms with van der Waals surface area (Å²) >= 11 is 1.37. The molecule has 2 heterocycles. The van der Waals surface area contributed by atoms with Crippen molar-refractivity contribution in [3.8, 4) is 5.13 Å². The maximum atomic E-state index is 10.9. The van der Waals surface area contributed by atoms with Crippen molar-refractivity contribution in [2.45, 2.75) is 0 Å². The van der Waals surface area contributed by atoms with E-state index in [2.05, 4.69) is 10.1 Å². The van der Waals surface area contributed by atoms with Crippen LogP contribution >= 0.6 is 11.3 Å². The molecular formula is C7H7N5OS. The van der Waals surface area contributed by atoms with Crippen molar-refractivity contribution < 1.29 is 4.79 Å². The van der Waals surface area contributed by atoms with Crippen LogP contribution in [0, 0.1) is 0 Å². The van der Waals surface area contributed by atoms with Crippen LogP contribution in [0.4, 0.5) is 5.82 Å². The number of aromatic nitrogens is 3. The van der Waals surface area contributed by atoms with Crippen molar-refractivity contribution in [1.82, 2.24) is 14.8 Å². The maximum absolute atomic E-state index is 10.9. The molecule has 0 atom stereocenters. The van der Waals surface area contributed by atoms with Crippen LogP contribution in [0.3, 0.4) is 0 Å². The summed E-state index contributed by atoms with van der Waals surface area (Å²) in [5.41, 5.74) is 11.0. The number of carbonyl (C=O) groups is 1. The fourth-order valence-electron chi connectivity index (χ4n) is 1.02. The van der Waals surface area contributed by atoms with Crippen LogP contribution in [0.15, 0.2) is 17.8 Å². The highest BCUT2D eigenvalue weighted by atomic mass is 32.1. The van der Waals surface area contributed by atoms with Gasteiger partial charge in [-0.2, -0.15) is 9.78 Å². The monoisotopic (exact) mass is 209 g/mol. The van der Waals surface area contributed by atoms with E-state index in [-0.39, 0.29) is 11.4 Å². The van der Waals surface area contributed by atoms with E-state index in [0.717, 1.165) is 0 Å². The summed E-state index contributed by atoms with van der Waals surface area (Å²) in [6.07, 6.45) is 2.96. The number of thiazole rings is 1. The van der Waals surface area contributed by atoms with E-state index in [1.54, 1.807) is 11.6 Å². The van der Waals surface area contributed by atoms with Crippen LogP contribution < -0.4 is 11.5 Å². The Kier molecular flexibility index (Phi) is 1.93. The third-order valence-corrected chi connectivity index (χ3v) is 2.42. The molecular weight excluding hydrogens is 202 g/mol. The number of hydrogen-bond acceptors (Lipinski definition) is 5. The largest absolute Gasteiger partial charge is 0.383 e. The summed E-state index contributed by atoms with van der Waals surface area (Å²) in [7, 11) is 0. The number of hydrogen-bond donors (Lipinski definition) is 2. The third kappa shape index (κ3) is 1.23. The van der Waals surface area contributed by atoms with Crippen LogP contribution in [-0.4, -0.2) is 20.7 Å². The number of primary amides is 1. The van der Waals surface area contributed by atoms with E-state index in [0.29, 0.717) is 5.13 Å². The first-order valence-corrected chi connectivity index (χ1v) is 4.61. The van der Waals surface area contributed by atoms with Gasteiger partial charge in [0.1, 0.15) is 11.4 Å². The van der Waals surface area contributed by atoms with Gasteiger partial charge >= 0.3 is 0 Å². The number of nitrogens with zero attached hydrogens (tertiary/aromatic N) is 3. The normalized spacial score (nSPS) is 10.3. The SMILES string of the molecule is NC(=O)c1cnn(-c2nccs2)c1N. The van der Waals surface area contributed by atoms with E-state index in [1.807, 2.05) is 0 Å². The summed E-state index contributed by atoms with van der Waals surface area (Å²) in [6.45, 7) is 0. The van der Waals surface area contributed by atoms with Crippen molar-refractivity contribution in [2.75, 3.05) is 5.73 Å². The number of anilines is 1. The molecule has 0 aliphatic heterocycles. The lowest BCUT2D eigenvalue weighted by Crippen LogP contribution is -2.13. The minimum Gasteiger partial charge on any atom is -0.383 e. The van der Waals surface area contributed by atoms with Gasteiger partial charge in [0.2, 0.25) is 5.13 Å². The van der Waals surface area contributed by atoms with Gasteiger partial charge in [-0.15, -0.1) is 11.3 Å². The maximum Gasteiger partial charge on any atom is 0.254 e. The molecule has 0 unspecified atom stereocenters. The summed E-state index contributed by atoms with van der Waals surface area (Å²) in [6, 6.07) is 0. The Balaban J connectivity index is 2.52. The lowest BCUT2D eigenvalue weighted by atomic mass is 10.3. The Labute approximate surface area is 83.2 Å². The van der Waals surface area contributed by atoms with E-state index < -0.39 is 5.91 Å². The van der Waals surface area contributed by atoms with E-state index in [9.17, 15) is 4.79 Å². The smallest absolute Gasteiger partial charge is 0.254 e. The second-order valence-electron chi connectivity index (χ2n) is 2.53. The van der Waals surface area contributed by atoms with E-state index in [1.165, 1.54) is 22.2 Å². The van der Waals surface area contributed by atoms with Gasteiger partial charge in [-0.1, -0.05) is 0 Å². The van der Waals surface area contributed by atoms with Crippen LogP contribution in [0.2, 0.25) is 0 Å². The predicted octanol–water partition coefficient (Wildman–Crippen LogP) is 0.00990. The molecule has 1 amide bonds. The molecule has 0 bridgehead atoms. The van der Waals surface area contributed by atoms with Crippen molar-refractivity contribution in [3.63, 3.8) is 0 Å². The molecule has 0 radical (unpaired) electrons. The molecule has 4 N–H and O–H groups in total. The average Bonchev–Trinajstić information content (AvgIpc) is 2.71. The summed E-state index contributed by atoms with van der Waals surface area (Å²) in [4.78, 5) is 14.9. The molecule has 0 saturated carbocycles. The highest BCUT2D eigenvalue weighted by molar-refractivity contribution is 7.12. The average molecular weight is 209 g/mol. The van der Waals surface area contributed by atoms with Gasteiger partial charge in [0.25, 0.3) is 5.91 Å². The molecule has 0 spiro atoms. The molecule has 6 nitrogen and oxygen atoms in total. The highest BCUT2D eigenvalue weighted by Gasteiger charge is 2.13. The van der Waals surface area contributed by atoms with Crippen molar-refractivity contribution in [3.05, 3.63) is 23.3 Å². The first-order chi connectivity index (χ1) is 6.70. The zero-order valence-corrected chi connectivity index (χ0v) is 7.86. The number of nitrogen functional groups attached to an aromatic ring is 1. The summed E-state index contributed by atoms with van der Waals surface area (Å²) < 4.78 is 1.38. The minimum atomic E-state index is -0.592. The molecule has 2 rings (SSSR count). The quantitative estimate of drug-likeness (QED) is 0.727. The Morgan fingerprint density at radius 2 is 2.36 bits per heavy atom. The van der Waals surface area contributed by atoms with Gasteiger partial charge in [0.05, 0.1) is 6.20 Å². The van der Waals surface area contributed by atoms with E-state index >= 15 is 0 Å². The van der Waals surface area contributed by atoms with Gasteiger partial charge in [0, 0.05) is 11.6 Å². The zero-order chi connectivity index (χ0) is 10.1. The fraction of sp³-hybridized carbons (Fsp3) is 0. The van der Waals surface area contributed by atoms with Crippen molar-refractivity contribution in [1.29, 1.82) is 0 Å². The highest BCUT2D eigenvalue weighted by Crippen LogP contribution is 2.17. The number of rotatable bonds is 2. The van der Waals surface area contributed by atoms with Crippen LogP contribution in [0.1, 0.15) is 10.4 Å². The second-order valence-corrected chi connectivity index (χ2v) is 3.41. The Morgan fingerprint density at radius 3 is 2.86 bits per heavy atom.